The Morgan fingerprint density at radius 3 is 0.877 bits per heavy atom. The Hall–Kier alpha value is -8.44. The van der Waals surface area contributed by atoms with Crippen LogP contribution in [0.2, 0.25) is 0 Å². The number of carboxylic acid groups (broad SMARTS) is 6. The van der Waals surface area contributed by atoms with Crippen LogP contribution in [-0.4, -0.2) is 279 Å². The van der Waals surface area contributed by atoms with E-state index in [-0.39, 0.29) is 121 Å². The van der Waals surface area contributed by atoms with Gasteiger partial charge in [0.1, 0.15) is 48.3 Å². The van der Waals surface area contributed by atoms with Gasteiger partial charge in [-0.2, -0.15) is 0 Å². The molecule has 122 heavy (non-hydrogen) atoms. The first-order valence-electron chi connectivity index (χ1n) is 43.8. The summed E-state index contributed by atoms with van der Waals surface area (Å²) in [6, 6.07) is 9.50. The molecule has 0 aromatic heterocycles. The van der Waals surface area contributed by atoms with Crippen LogP contribution in [0.5, 0.6) is 0 Å². The van der Waals surface area contributed by atoms with E-state index in [1.54, 1.807) is 74.1 Å². The van der Waals surface area contributed by atoms with E-state index >= 15 is 0 Å². The molecular weight excluding hydrogens is 1620 g/mol. The standard InChI is InChI=1S/C24H34N2O5.C22H36N2O7S.C22H30N2O5.C20H32N2O7S/c1-3-31-24(30)19(14-13-17-9-5-4-6-10-17)25-16(2)22(27)26-20-12-8-7-11-18(20)15-21(26)23(28)29;1-5-30-21(28)14(4)32-12-16(22(29)31-6-2)23-13(3)19(25)24-17-10-8-7-9-15(17)11-18(24)20(26)27;1-14(23-17(21(26)27)12-11-15-7-3-2-4-8-15)20(25)24-18-10-6-5-9-16(18)13-19(24)22(28)29;1-4-29-20(28)12(3)30-10-14(18(24)25)21-11(2)17(23)22-15-8-6-5-7-13(15)9-16(22)19(26)27/h4-6,9-10,16,18-21,25H,3,7-8,11-15H2,1-2H3,(H,28,29);13-18,23H,5-12H2,1-4H3,(H,26,27);2-4,7-8,14,16-19,23H,5-6,9-13H2,1H3,(H,26,27)(H,28,29);11-16,21H,4-10H2,1-3H3,(H,24,25)(H,26,27)/t16-,18+,19-,20-,21-;13-,14?,15+,16-,17-,18-;14-,16+,17-,18-,19-;11-,12?,13+,14-,15-,16-/m0000/s1. The second-order valence-electron chi connectivity index (χ2n) is 33.2. The topological polar surface area (TPSA) is 458 Å². The van der Waals surface area contributed by atoms with E-state index in [2.05, 4.69) is 21.3 Å². The molecule has 4 saturated carbocycles. The molecule has 4 aliphatic carbocycles. The van der Waals surface area contributed by atoms with Gasteiger partial charge in [0, 0.05) is 35.7 Å². The highest BCUT2D eigenvalue weighted by atomic mass is 32.2. The number of carboxylic acids is 6. The highest BCUT2D eigenvalue weighted by Crippen LogP contribution is 2.44. The smallest absolute Gasteiger partial charge is 0.326 e. The van der Waals surface area contributed by atoms with Crippen LogP contribution in [0.15, 0.2) is 60.7 Å². The maximum Gasteiger partial charge on any atom is 0.326 e. The van der Waals surface area contributed by atoms with Crippen LogP contribution in [-0.2, 0) is 98.9 Å². The molecule has 10 N–H and O–H groups in total. The van der Waals surface area contributed by atoms with Crippen LogP contribution in [0.4, 0.5) is 0 Å². The molecule has 4 heterocycles. The second kappa shape index (κ2) is 49.9. The van der Waals surface area contributed by atoms with Crippen LogP contribution < -0.4 is 21.3 Å². The van der Waals surface area contributed by atoms with E-state index in [1.807, 2.05) is 60.7 Å². The molecule has 8 aliphatic rings. The van der Waals surface area contributed by atoms with Gasteiger partial charge >= 0.3 is 59.7 Å². The van der Waals surface area contributed by atoms with Crippen molar-refractivity contribution in [1.29, 1.82) is 0 Å². The third-order valence-electron chi connectivity index (χ3n) is 24.9. The molecule has 0 spiro atoms. The average Bonchev–Trinajstić information content (AvgIpc) is 1.65. The van der Waals surface area contributed by atoms with Crippen molar-refractivity contribution < 1.29 is 117 Å². The lowest BCUT2D eigenvalue weighted by Gasteiger charge is -2.35. The van der Waals surface area contributed by atoms with Gasteiger partial charge in [0.05, 0.1) is 61.1 Å². The number of nitrogens with one attached hydrogen (secondary N) is 4. The molecule has 10 rings (SSSR count). The molecule has 4 aliphatic heterocycles. The van der Waals surface area contributed by atoms with Crippen molar-refractivity contribution in [2.24, 2.45) is 23.7 Å². The number of aryl methyl sites for hydroxylation is 2. The number of fused-ring (bicyclic) bond motifs is 4. The van der Waals surface area contributed by atoms with E-state index in [9.17, 15) is 97.8 Å². The third-order valence-corrected chi connectivity index (χ3v) is 27.4. The van der Waals surface area contributed by atoms with Crippen molar-refractivity contribution in [2.75, 3.05) is 37.9 Å². The summed E-state index contributed by atoms with van der Waals surface area (Å²) in [5.41, 5.74) is 2.14. The van der Waals surface area contributed by atoms with Gasteiger partial charge in [-0.1, -0.05) is 112 Å². The maximum atomic E-state index is 13.4. The zero-order valence-electron chi connectivity index (χ0n) is 72.3. The van der Waals surface area contributed by atoms with Crippen molar-refractivity contribution in [3.8, 4) is 0 Å². The van der Waals surface area contributed by atoms with Gasteiger partial charge in [-0.3, -0.25) is 69.2 Å². The Bertz CT molecular complexity index is 3810. The summed E-state index contributed by atoms with van der Waals surface area (Å²) < 4.78 is 20.3. The fourth-order valence-electron chi connectivity index (χ4n) is 18.8. The minimum Gasteiger partial charge on any atom is -0.480 e. The number of carbonyl (C=O) groups excluding carboxylic acids is 8. The van der Waals surface area contributed by atoms with Crippen LogP contribution >= 0.6 is 23.5 Å². The number of esters is 4. The first-order chi connectivity index (χ1) is 58.2. The zero-order valence-corrected chi connectivity index (χ0v) is 74.0. The normalized spacial score (nSPS) is 25.6. The maximum absolute atomic E-state index is 13.4. The largest absolute Gasteiger partial charge is 0.480 e. The summed E-state index contributed by atoms with van der Waals surface area (Å²) in [7, 11) is 0. The van der Waals surface area contributed by atoms with Crippen molar-refractivity contribution in [1.82, 2.24) is 40.9 Å². The lowest BCUT2D eigenvalue weighted by Crippen LogP contribution is -2.56. The Morgan fingerprint density at radius 2 is 0.590 bits per heavy atom. The van der Waals surface area contributed by atoms with Gasteiger partial charge in [-0.15, -0.1) is 23.5 Å². The van der Waals surface area contributed by atoms with Gasteiger partial charge in [0.2, 0.25) is 23.6 Å². The number of nitrogens with zero attached hydrogens (tertiary/aromatic N) is 4. The average molecular weight is 1750 g/mol. The van der Waals surface area contributed by atoms with Crippen LogP contribution in [0.25, 0.3) is 0 Å². The molecule has 2 unspecified atom stereocenters. The fourth-order valence-corrected chi connectivity index (χ4v) is 20.7. The molecule has 2 aromatic carbocycles. The van der Waals surface area contributed by atoms with E-state index in [0.717, 1.165) is 126 Å². The monoisotopic (exact) mass is 1750 g/mol. The number of carbonyl (C=O) groups is 14. The number of rotatable bonds is 38. The molecular formula is C88H132N8O24S2. The molecule has 680 valence electrons. The predicted octanol–water partition coefficient (Wildman–Crippen LogP) is 8.24. The summed E-state index contributed by atoms with van der Waals surface area (Å²) in [5.74, 6) is -7.82. The summed E-state index contributed by atoms with van der Waals surface area (Å²) in [4.78, 5) is 178. The van der Waals surface area contributed by atoms with Crippen LogP contribution in [0, 0.1) is 23.7 Å². The Kier molecular flexibility index (Phi) is 41.2. The first kappa shape index (κ1) is 101. The fraction of sp³-hybridized carbons (Fsp3) is 0.705. The van der Waals surface area contributed by atoms with Gasteiger partial charge in [0.15, 0.2) is 0 Å². The minimum atomic E-state index is -1.13. The summed E-state index contributed by atoms with van der Waals surface area (Å²) in [5, 5.41) is 68.7. The van der Waals surface area contributed by atoms with Gasteiger partial charge in [-0.25, -0.2) is 19.2 Å². The summed E-state index contributed by atoms with van der Waals surface area (Å²) in [6.07, 6.45) is 19.3. The van der Waals surface area contributed by atoms with Crippen molar-refractivity contribution >= 4 is 107 Å². The Morgan fingerprint density at radius 1 is 0.344 bits per heavy atom. The number of benzene rings is 2. The van der Waals surface area contributed by atoms with Gasteiger partial charge in [-0.05, 0) is 207 Å². The molecule has 34 heteroatoms. The number of likely N-dealkylation sites (tertiary alicyclic amines) is 4. The zero-order chi connectivity index (χ0) is 89.6. The summed E-state index contributed by atoms with van der Waals surface area (Å²) in [6.45, 7) is 17.7. The number of thioether (sulfide) groups is 2. The van der Waals surface area contributed by atoms with E-state index in [1.165, 1.54) is 26.5 Å². The highest BCUT2D eigenvalue weighted by molar-refractivity contribution is 8.00. The number of aliphatic carboxylic acids is 6. The molecule has 22 atom stereocenters. The van der Waals surface area contributed by atoms with Crippen LogP contribution in [0.3, 0.4) is 0 Å². The molecule has 4 amide bonds. The van der Waals surface area contributed by atoms with E-state index < -0.39 is 131 Å². The third kappa shape index (κ3) is 28.3. The van der Waals surface area contributed by atoms with Gasteiger partial charge in [0.25, 0.3) is 0 Å². The molecule has 0 radical (unpaired) electrons. The Labute approximate surface area is 724 Å². The first-order valence-corrected chi connectivity index (χ1v) is 45.9. The highest BCUT2D eigenvalue weighted by Gasteiger charge is 2.53. The lowest BCUT2D eigenvalue weighted by molar-refractivity contribution is -0.152. The quantitative estimate of drug-likeness (QED) is 0.0223. The minimum absolute atomic E-state index is 0.0167. The van der Waals surface area contributed by atoms with E-state index in [4.69, 9.17) is 18.9 Å². The molecule has 2 aromatic rings. The molecule has 4 saturated heterocycles. The SMILES string of the molecule is CCOC(=O)C(C)SC[C@H](N[C@@H](C)C(=O)N1[C@H](C(=O)O)C[C@H]2CCCC[C@@H]21)C(=O)O.CCOC(=O)C(C)SC[C@H](N[C@@H](C)C(=O)N1[C@H](C(=O)O)C[C@H]2CCCC[C@@H]21)C(=O)OCC.CCOC(=O)[C@H](CCc1ccccc1)N[C@@H](C)C(=O)N1[C@H](C(=O)O)C[C@H]2CCCC[C@@H]21.C[C@H](N[C@@H](CCc1ccccc1)C(=O)O)C(=O)N1[C@H](C(=O)O)C[C@H]2CCCC[C@@H]21. The molecule has 8 fully saturated rings. The van der Waals surface area contributed by atoms with Gasteiger partial charge < -0.3 is 69.2 Å². The number of amides is 4. The van der Waals surface area contributed by atoms with Crippen molar-refractivity contribution in [3.05, 3.63) is 71.8 Å². The Balaban J connectivity index is 0.000000224. The second-order valence-corrected chi connectivity index (χ2v) is 36.0. The molecule has 0 bridgehead atoms. The van der Waals surface area contributed by atoms with Crippen LogP contribution in [0.1, 0.15) is 222 Å². The summed E-state index contributed by atoms with van der Waals surface area (Å²) >= 11 is 2.37. The number of hydrogen-bond donors (Lipinski definition) is 10. The van der Waals surface area contributed by atoms with Crippen molar-refractivity contribution in [3.63, 3.8) is 0 Å². The number of ether oxygens (including phenoxy) is 4. The van der Waals surface area contributed by atoms with E-state index in [0.29, 0.717) is 51.4 Å². The number of hydrogen-bond acceptors (Lipinski definition) is 24. The van der Waals surface area contributed by atoms with Crippen molar-refractivity contribution in [2.45, 2.75) is 331 Å². The lowest BCUT2D eigenvalue weighted by atomic mass is 9.84. The predicted molar refractivity (Wildman–Crippen MR) is 455 cm³/mol. The molecule has 32 nitrogen and oxygen atoms in total.